The molecule has 1 saturated heterocycles. The third kappa shape index (κ3) is 2.31. The summed E-state index contributed by atoms with van der Waals surface area (Å²) in [4.78, 5) is 36.4. The van der Waals surface area contributed by atoms with Gasteiger partial charge in [0.2, 0.25) is 0 Å². The van der Waals surface area contributed by atoms with E-state index >= 15 is 0 Å². The molecule has 4 rings (SSSR count). The van der Waals surface area contributed by atoms with Crippen LogP contribution in [0.1, 0.15) is 24.0 Å². The van der Waals surface area contributed by atoms with Crippen LogP contribution >= 0.6 is 0 Å². The number of rotatable bonds is 2. The van der Waals surface area contributed by atoms with Gasteiger partial charge in [0.1, 0.15) is 0 Å². The largest absolute Gasteiger partial charge is 0.465 e. The average molecular weight is 341 g/mol. The van der Waals surface area contributed by atoms with E-state index in [1.807, 2.05) is 24.3 Å². The Morgan fingerprint density at radius 3 is 2.80 bits per heavy atom. The first-order valence-corrected chi connectivity index (χ1v) is 7.86. The molecule has 7 nitrogen and oxygen atoms in total. The Hall–Kier alpha value is -3.09. The van der Waals surface area contributed by atoms with Gasteiger partial charge in [0.05, 0.1) is 17.9 Å². The molecule has 2 aliphatic heterocycles. The maximum absolute atomic E-state index is 12.6. The molecule has 7 heteroatoms. The molecule has 128 valence electrons. The van der Waals surface area contributed by atoms with Crippen LogP contribution in [0.5, 0.6) is 0 Å². The van der Waals surface area contributed by atoms with E-state index in [0.29, 0.717) is 12.0 Å². The number of hydrogen-bond acceptors (Lipinski definition) is 5. The van der Waals surface area contributed by atoms with Crippen LogP contribution in [-0.2, 0) is 25.5 Å². The van der Waals surface area contributed by atoms with E-state index < -0.39 is 30.3 Å². The highest BCUT2D eigenvalue weighted by atomic mass is 16.7. The summed E-state index contributed by atoms with van der Waals surface area (Å²) in [5, 5.41) is 9.43. The second-order valence-corrected chi connectivity index (χ2v) is 6.24. The van der Waals surface area contributed by atoms with Crippen LogP contribution in [-0.4, -0.2) is 40.3 Å². The van der Waals surface area contributed by atoms with Crippen molar-refractivity contribution in [2.45, 2.75) is 31.6 Å². The predicted octanol–water partition coefficient (Wildman–Crippen LogP) is 1.94. The highest BCUT2D eigenvalue weighted by molar-refractivity contribution is 6.06. The average Bonchev–Trinajstić information content (AvgIpc) is 3.16. The van der Waals surface area contributed by atoms with Crippen molar-refractivity contribution in [3.05, 3.63) is 58.9 Å². The summed E-state index contributed by atoms with van der Waals surface area (Å²) in [6.45, 7) is 1.61. The van der Waals surface area contributed by atoms with Gasteiger partial charge in [-0.2, -0.15) is 0 Å². The summed E-state index contributed by atoms with van der Waals surface area (Å²) < 4.78 is 10.4. The lowest BCUT2D eigenvalue weighted by Gasteiger charge is -2.17. The number of ether oxygens (including phenoxy) is 2. The van der Waals surface area contributed by atoms with Gasteiger partial charge < -0.3 is 14.6 Å². The van der Waals surface area contributed by atoms with Crippen LogP contribution < -0.4 is 0 Å². The molecular weight excluding hydrogens is 326 g/mol. The lowest BCUT2D eigenvalue weighted by molar-refractivity contribution is -0.152. The second-order valence-electron chi connectivity index (χ2n) is 6.24. The number of esters is 1. The monoisotopic (exact) mass is 341 g/mol. The fraction of sp³-hybridized carbons (Fsp3) is 0.278. The number of cyclic esters (lactones) is 1. The van der Waals surface area contributed by atoms with Gasteiger partial charge in [-0.25, -0.2) is 14.5 Å². The normalized spacial score (nSPS) is 28.7. The zero-order valence-electron chi connectivity index (χ0n) is 13.3. The first kappa shape index (κ1) is 15.4. The summed E-state index contributed by atoms with van der Waals surface area (Å²) in [6.07, 6.45) is 1.04. The molecule has 3 unspecified atom stereocenters. The Labute approximate surface area is 143 Å². The third-order valence-corrected chi connectivity index (χ3v) is 4.80. The van der Waals surface area contributed by atoms with Crippen molar-refractivity contribution in [2.24, 2.45) is 0 Å². The molecular formula is C18H15NO6. The SMILES string of the molecule is CC1=CC(O/C=C2/C(=O)N(C(=O)O)C3Cc4ccccc4C23)OC1=O. The molecule has 3 aliphatic rings. The van der Waals surface area contributed by atoms with Crippen molar-refractivity contribution in [1.29, 1.82) is 0 Å². The Morgan fingerprint density at radius 1 is 1.36 bits per heavy atom. The number of carbonyl (C=O) groups is 3. The molecule has 2 heterocycles. The van der Waals surface area contributed by atoms with Gasteiger partial charge in [0, 0.05) is 17.6 Å². The fourth-order valence-electron chi connectivity index (χ4n) is 3.68. The summed E-state index contributed by atoms with van der Waals surface area (Å²) in [5.41, 5.74) is 2.63. The lowest BCUT2D eigenvalue weighted by atomic mass is 9.94. The van der Waals surface area contributed by atoms with Crippen molar-refractivity contribution in [3.63, 3.8) is 0 Å². The minimum absolute atomic E-state index is 0.256. The minimum Gasteiger partial charge on any atom is -0.465 e. The van der Waals surface area contributed by atoms with E-state index in [1.54, 1.807) is 6.92 Å². The van der Waals surface area contributed by atoms with Gasteiger partial charge >= 0.3 is 12.1 Å². The number of nitrogens with zero attached hydrogens (tertiary/aromatic N) is 1. The molecule has 25 heavy (non-hydrogen) atoms. The van der Waals surface area contributed by atoms with Crippen molar-refractivity contribution < 1.29 is 29.0 Å². The quantitative estimate of drug-likeness (QED) is 0.502. The van der Waals surface area contributed by atoms with E-state index in [9.17, 15) is 19.5 Å². The first-order chi connectivity index (χ1) is 12.0. The van der Waals surface area contributed by atoms with Gasteiger partial charge in [0.15, 0.2) is 0 Å². The Bertz CT molecular complexity index is 855. The molecule has 0 spiro atoms. The topological polar surface area (TPSA) is 93.1 Å². The Balaban J connectivity index is 1.68. The van der Waals surface area contributed by atoms with Crippen molar-refractivity contribution >= 4 is 18.0 Å². The third-order valence-electron chi connectivity index (χ3n) is 4.80. The summed E-state index contributed by atoms with van der Waals surface area (Å²) in [6, 6.07) is 7.10. The van der Waals surface area contributed by atoms with E-state index in [-0.39, 0.29) is 11.5 Å². The highest BCUT2D eigenvalue weighted by Gasteiger charge is 2.52. The molecule has 1 N–H and O–H groups in total. The number of carbonyl (C=O) groups excluding carboxylic acids is 2. The maximum atomic E-state index is 12.6. The van der Waals surface area contributed by atoms with Gasteiger partial charge in [-0.15, -0.1) is 0 Å². The number of carboxylic acid groups (broad SMARTS) is 1. The molecule has 3 atom stereocenters. The van der Waals surface area contributed by atoms with E-state index in [0.717, 1.165) is 16.0 Å². The molecule has 0 aromatic heterocycles. The molecule has 0 radical (unpaired) electrons. The smallest absolute Gasteiger partial charge is 0.414 e. The van der Waals surface area contributed by atoms with E-state index in [1.165, 1.54) is 12.3 Å². The highest BCUT2D eigenvalue weighted by Crippen LogP contribution is 2.46. The van der Waals surface area contributed by atoms with Gasteiger partial charge in [-0.3, -0.25) is 4.79 Å². The summed E-state index contributed by atoms with van der Waals surface area (Å²) in [7, 11) is 0. The molecule has 0 bridgehead atoms. The molecule has 2 amide bonds. The van der Waals surface area contributed by atoms with Crippen LogP contribution in [0.3, 0.4) is 0 Å². The van der Waals surface area contributed by atoms with Crippen LogP contribution in [0.2, 0.25) is 0 Å². The van der Waals surface area contributed by atoms with Gasteiger partial charge in [-0.05, 0) is 24.5 Å². The zero-order chi connectivity index (χ0) is 17.7. The van der Waals surface area contributed by atoms with Gasteiger partial charge in [0.25, 0.3) is 12.2 Å². The fourth-order valence-corrected chi connectivity index (χ4v) is 3.68. The van der Waals surface area contributed by atoms with E-state index in [4.69, 9.17) is 9.47 Å². The van der Waals surface area contributed by atoms with Crippen LogP contribution in [0, 0.1) is 0 Å². The van der Waals surface area contributed by atoms with Crippen LogP contribution in [0.4, 0.5) is 4.79 Å². The number of fused-ring (bicyclic) bond motifs is 3. The number of hydrogen-bond donors (Lipinski definition) is 1. The van der Waals surface area contributed by atoms with Crippen LogP contribution in [0.15, 0.2) is 47.7 Å². The number of likely N-dealkylation sites (tertiary alicyclic amines) is 1. The zero-order valence-corrected chi connectivity index (χ0v) is 13.3. The Kier molecular flexibility index (Phi) is 3.38. The number of benzene rings is 1. The van der Waals surface area contributed by atoms with Crippen molar-refractivity contribution in [3.8, 4) is 0 Å². The summed E-state index contributed by atoms with van der Waals surface area (Å²) in [5.74, 6) is -1.44. The molecule has 1 aliphatic carbocycles. The molecule has 1 aromatic carbocycles. The molecule has 1 aromatic rings. The van der Waals surface area contributed by atoms with Crippen molar-refractivity contribution in [2.75, 3.05) is 0 Å². The number of imide groups is 1. The first-order valence-electron chi connectivity index (χ1n) is 7.86. The Morgan fingerprint density at radius 2 is 2.12 bits per heavy atom. The lowest BCUT2D eigenvalue weighted by Crippen LogP contribution is -2.38. The van der Waals surface area contributed by atoms with Gasteiger partial charge in [-0.1, -0.05) is 24.3 Å². The van der Waals surface area contributed by atoms with Crippen LogP contribution in [0.25, 0.3) is 0 Å². The minimum atomic E-state index is -1.28. The summed E-state index contributed by atoms with van der Waals surface area (Å²) >= 11 is 0. The predicted molar refractivity (Wildman–Crippen MR) is 84.4 cm³/mol. The molecule has 0 saturated carbocycles. The standard InChI is InChI=1S/C18H15NO6/c1-9-6-14(25-17(9)21)24-8-12-15-11-5-3-2-4-10(11)7-13(15)19(16(12)20)18(22)23/h2-6,8,13-15H,7H2,1H3,(H,22,23)/b12-8+. The second kappa shape index (κ2) is 5.47. The number of amides is 2. The van der Waals surface area contributed by atoms with E-state index in [2.05, 4.69) is 0 Å². The maximum Gasteiger partial charge on any atom is 0.414 e. The van der Waals surface area contributed by atoms with Crippen molar-refractivity contribution in [1.82, 2.24) is 4.90 Å². The molecule has 1 fully saturated rings.